The number of rotatable bonds is 2. The molecule has 1 heterocycles. The molecule has 2 aromatic rings. The zero-order chi connectivity index (χ0) is 11.4. The van der Waals surface area contributed by atoms with Crippen molar-refractivity contribution in [2.45, 2.75) is 0 Å². The SMILES string of the molecule is N#Cc1ccsc1NC(=O)c1ccccc1. The fourth-order valence-corrected chi connectivity index (χ4v) is 1.99. The van der Waals surface area contributed by atoms with Gasteiger partial charge in [0.1, 0.15) is 11.1 Å². The molecule has 1 aromatic carbocycles. The second-order valence-electron chi connectivity index (χ2n) is 3.10. The quantitative estimate of drug-likeness (QED) is 0.859. The minimum atomic E-state index is -0.195. The molecule has 0 fully saturated rings. The molecular weight excluding hydrogens is 220 g/mol. The minimum absolute atomic E-state index is 0.195. The number of carbonyl (C=O) groups excluding carboxylic acids is 1. The second kappa shape index (κ2) is 4.60. The molecule has 0 radical (unpaired) electrons. The van der Waals surface area contributed by atoms with Crippen LogP contribution in [0.3, 0.4) is 0 Å². The highest BCUT2D eigenvalue weighted by atomic mass is 32.1. The first kappa shape index (κ1) is 10.4. The van der Waals surface area contributed by atoms with Gasteiger partial charge in [-0.3, -0.25) is 4.79 Å². The van der Waals surface area contributed by atoms with Crippen molar-refractivity contribution in [1.29, 1.82) is 5.26 Å². The predicted molar refractivity (Wildman–Crippen MR) is 63.4 cm³/mol. The molecule has 0 spiro atoms. The molecule has 1 N–H and O–H groups in total. The van der Waals surface area contributed by atoms with E-state index in [9.17, 15) is 4.79 Å². The first-order chi connectivity index (χ1) is 7.81. The third-order valence-electron chi connectivity index (χ3n) is 2.05. The van der Waals surface area contributed by atoms with Crippen LogP contribution >= 0.6 is 11.3 Å². The topological polar surface area (TPSA) is 52.9 Å². The van der Waals surface area contributed by atoms with Gasteiger partial charge in [0.05, 0.1) is 5.56 Å². The maximum atomic E-state index is 11.8. The van der Waals surface area contributed by atoms with Crippen LogP contribution in [0, 0.1) is 11.3 Å². The lowest BCUT2D eigenvalue weighted by Gasteiger charge is -2.02. The first-order valence-electron chi connectivity index (χ1n) is 4.65. The van der Waals surface area contributed by atoms with Gasteiger partial charge in [-0.1, -0.05) is 18.2 Å². The molecule has 2 rings (SSSR count). The Labute approximate surface area is 97.0 Å². The van der Waals surface area contributed by atoms with Gasteiger partial charge in [-0.05, 0) is 23.6 Å². The Morgan fingerprint density at radius 2 is 2.00 bits per heavy atom. The summed E-state index contributed by atoms with van der Waals surface area (Å²) < 4.78 is 0. The molecule has 0 aliphatic rings. The highest BCUT2D eigenvalue weighted by Crippen LogP contribution is 2.22. The van der Waals surface area contributed by atoms with Crippen molar-refractivity contribution in [3.05, 3.63) is 52.9 Å². The van der Waals surface area contributed by atoms with Crippen LogP contribution in [-0.4, -0.2) is 5.91 Å². The standard InChI is InChI=1S/C12H8N2OS/c13-8-10-6-7-16-12(10)14-11(15)9-4-2-1-3-5-9/h1-7H,(H,14,15). The van der Waals surface area contributed by atoms with Crippen molar-refractivity contribution in [1.82, 2.24) is 0 Å². The van der Waals surface area contributed by atoms with Gasteiger partial charge in [-0.2, -0.15) is 5.26 Å². The van der Waals surface area contributed by atoms with E-state index in [0.717, 1.165) is 0 Å². The molecule has 16 heavy (non-hydrogen) atoms. The number of hydrogen-bond donors (Lipinski definition) is 1. The molecule has 0 saturated carbocycles. The molecule has 0 bridgehead atoms. The maximum Gasteiger partial charge on any atom is 0.256 e. The summed E-state index contributed by atoms with van der Waals surface area (Å²) in [5.41, 5.74) is 1.08. The number of thiophene rings is 1. The van der Waals surface area contributed by atoms with Gasteiger partial charge in [0.2, 0.25) is 0 Å². The number of carbonyl (C=O) groups is 1. The highest BCUT2D eigenvalue weighted by Gasteiger charge is 2.09. The van der Waals surface area contributed by atoms with Crippen LogP contribution in [0.15, 0.2) is 41.8 Å². The molecule has 1 amide bonds. The number of nitriles is 1. The monoisotopic (exact) mass is 228 g/mol. The molecule has 0 unspecified atom stereocenters. The normalized spacial score (nSPS) is 9.44. The average Bonchev–Trinajstić information content (AvgIpc) is 2.77. The van der Waals surface area contributed by atoms with E-state index in [2.05, 4.69) is 5.32 Å². The van der Waals surface area contributed by atoms with Crippen LogP contribution < -0.4 is 5.32 Å². The van der Waals surface area contributed by atoms with E-state index >= 15 is 0 Å². The van der Waals surface area contributed by atoms with Gasteiger partial charge in [-0.25, -0.2) is 0 Å². The number of benzene rings is 1. The van der Waals surface area contributed by atoms with Crippen LogP contribution in [0.5, 0.6) is 0 Å². The Hall–Kier alpha value is -2.12. The fraction of sp³-hybridized carbons (Fsp3) is 0. The first-order valence-corrected chi connectivity index (χ1v) is 5.53. The summed E-state index contributed by atoms with van der Waals surface area (Å²) in [6.07, 6.45) is 0. The molecule has 78 valence electrons. The molecule has 4 heteroatoms. The van der Waals surface area contributed by atoms with Crippen molar-refractivity contribution in [2.75, 3.05) is 5.32 Å². The maximum absolute atomic E-state index is 11.8. The Bertz CT molecular complexity index is 540. The Balaban J connectivity index is 2.18. The van der Waals surface area contributed by atoms with Crippen molar-refractivity contribution in [2.24, 2.45) is 0 Å². The largest absolute Gasteiger partial charge is 0.312 e. The molecule has 1 aromatic heterocycles. The summed E-state index contributed by atoms with van der Waals surface area (Å²) in [6.45, 7) is 0. The number of nitrogens with zero attached hydrogens (tertiary/aromatic N) is 1. The van der Waals surface area contributed by atoms with E-state index in [-0.39, 0.29) is 5.91 Å². The molecule has 0 saturated heterocycles. The summed E-state index contributed by atoms with van der Waals surface area (Å²) in [5.74, 6) is -0.195. The van der Waals surface area contributed by atoms with Gasteiger partial charge in [-0.15, -0.1) is 11.3 Å². The second-order valence-corrected chi connectivity index (χ2v) is 4.01. The average molecular weight is 228 g/mol. The van der Waals surface area contributed by atoms with E-state index < -0.39 is 0 Å². The van der Waals surface area contributed by atoms with E-state index in [4.69, 9.17) is 5.26 Å². The summed E-state index contributed by atoms with van der Waals surface area (Å²) >= 11 is 1.34. The zero-order valence-corrected chi connectivity index (χ0v) is 9.12. The summed E-state index contributed by atoms with van der Waals surface area (Å²) in [6, 6.07) is 12.6. The third-order valence-corrected chi connectivity index (χ3v) is 2.88. The van der Waals surface area contributed by atoms with Crippen molar-refractivity contribution in [3.63, 3.8) is 0 Å². The van der Waals surface area contributed by atoms with Crippen LogP contribution in [0.4, 0.5) is 5.00 Å². The fourth-order valence-electron chi connectivity index (χ4n) is 1.26. The van der Waals surface area contributed by atoms with E-state index in [1.165, 1.54) is 11.3 Å². The number of hydrogen-bond acceptors (Lipinski definition) is 3. The number of anilines is 1. The smallest absolute Gasteiger partial charge is 0.256 e. The lowest BCUT2D eigenvalue weighted by Crippen LogP contribution is -2.11. The predicted octanol–water partition coefficient (Wildman–Crippen LogP) is 2.87. The van der Waals surface area contributed by atoms with Crippen LogP contribution in [0.25, 0.3) is 0 Å². The third kappa shape index (κ3) is 2.10. The van der Waals surface area contributed by atoms with Crippen LogP contribution in [-0.2, 0) is 0 Å². The van der Waals surface area contributed by atoms with Gasteiger partial charge >= 0.3 is 0 Å². The molecular formula is C12H8N2OS. The lowest BCUT2D eigenvalue weighted by molar-refractivity contribution is 0.102. The van der Waals surface area contributed by atoms with Gasteiger partial charge in [0, 0.05) is 5.56 Å². The molecule has 0 aliphatic carbocycles. The number of nitrogens with one attached hydrogen (secondary N) is 1. The Morgan fingerprint density at radius 3 is 2.69 bits per heavy atom. The molecule has 0 atom stereocenters. The Morgan fingerprint density at radius 1 is 1.25 bits per heavy atom. The van der Waals surface area contributed by atoms with Gasteiger partial charge in [0.25, 0.3) is 5.91 Å². The van der Waals surface area contributed by atoms with Crippen molar-refractivity contribution in [3.8, 4) is 6.07 Å². The van der Waals surface area contributed by atoms with E-state index in [1.54, 1.807) is 35.7 Å². The van der Waals surface area contributed by atoms with Crippen LogP contribution in [0.2, 0.25) is 0 Å². The molecule has 0 aliphatic heterocycles. The summed E-state index contributed by atoms with van der Waals surface area (Å²) in [7, 11) is 0. The zero-order valence-electron chi connectivity index (χ0n) is 8.31. The lowest BCUT2D eigenvalue weighted by atomic mass is 10.2. The molecule has 3 nitrogen and oxygen atoms in total. The summed E-state index contributed by atoms with van der Waals surface area (Å²) in [5, 5.41) is 13.9. The van der Waals surface area contributed by atoms with E-state index in [0.29, 0.717) is 16.1 Å². The summed E-state index contributed by atoms with van der Waals surface area (Å²) in [4.78, 5) is 11.8. The van der Waals surface area contributed by atoms with Gasteiger partial charge in [0.15, 0.2) is 0 Å². The van der Waals surface area contributed by atoms with Crippen LogP contribution in [0.1, 0.15) is 15.9 Å². The minimum Gasteiger partial charge on any atom is -0.312 e. The van der Waals surface area contributed by atoms with Gasteiger partial charge < -0.3 is 5.32 Å². The Kier molecular flexibility index (Phi) is 2.99. The number of amides is 1. The van der Waals surface area contributed by atoms with Crippen molar-refractivity contribution >= 4 is 22.2 Å². The highest BCUT2D eigenvalue weighted by molar-refractivity contribution is 7.14. The van der Waals surface area contributed by atoms with E-state index in [1.807, 2.05) is 12.1 Å². The van der Waals surface area contributed by atoms with Crippen molar-refractivity contribution < 1.29 is 4.79 Å².